The van der Waals surface area contributed by atoms with Gasteiger partial charge in [0.05, 0.1) is 6.10 Å². The van der Waals surface area contributed by atoms with Crippen molar-refractivity contribution in [2.75, 3.05) is 18.9 Å². The van der Waals surface area contributed by atoms with E-state index in [2.05, 4.69) is 39.3 Å². The summed E-state index contributed by atoms with van der Waals surface area (Å²) in [5, 5.41) is 14.8. The molecule has 1 saturated heterocycles. The minimum Gasteiger partial charge on any atom is -0.377 e. The predicted octanol–water partition coefficient (Wildman–Crippen LogP) is 3.70. The standard InChI is InChI=1S/C24H27N5O2S/c1-28-20-8-4-3-7-18(20)19-14-16(9-10-21(19)28)23(30)25-12-11-22-26-27-24(29(22)2)32-15-17-6-5-13-31-17/h3-4,7-10,14,17H,5-6,11-13,15H2,1-2H3,(H,25,30)/t17-/m1/s1. The average Bonchev–Trinajstić information content (AvgIpc) is 3.53. The Morgan fingerprint density at radius 3 is 2.81 bits per heavy atom. The molecule has 0 unspecified atom stereocenters. The van der Waals surface area contributed by atoms with Gasteiger partial charge in [-0.3, -0.25) is 4.79 Å². The van der Waals surface area contributed by atoms with Crippen LogP contribution in [0.15, 0.2) is 47.6 Å². The Morgan fingerprint density at radius 1 is 1.12 bits per heavy atom. The average molecular weight is 450 g/mol. The number of benzene rings is 2. The minimum absolute atomic E-state index is 0.0741. The van der Waals surface area contributed by atoms with E-state index < -0.39 is 0 Å². The SMILES string of the molecule is Cn1c(CCNC(=O)c2ccc3c(c2)c2ccccc2n3C)nnc1SC[C@H]1CCCO1. The monoisotopic (exact) mass is 449 g/mol. The number of hydrogen-bond donors (Lipinski definition) is 1. The number of ether oxygens (including phenoxy) is 1. The first kappa shape index (κ1) is 21.0. The van der Waals surface area contributed by atoms with Gasteiger partial charge < -0.3 is 19.2 Å². The maximum absolute atomic E-state index is 12.8. The number of hydrogen-bond acceptors (Lipinski definition) is 5. The number of thioether (sulfide) groups is 1. The first-order chi connectivity index (χ1) is 15.6. The molecule has 7 nitrogen and oxygen atoms in total. The number of para-hydroxylation sites is 1. The van der Waals surface area contributed by atoms with Gasteiger partial charge in [-0.05, 0) is 37.1 Å². The quantitative estimate of drug-likeness (QED) is 0.436. The van der Waals surface area contributed by atoms with Gasteiger partial charge in [0.2, 0.25) is 0 Å². The molecule has 1 aliphatic heterocycles. The summed E-state index contributed by atoms with van der Waals surface area (Å²) in [6.07, 6.45) is 3.21. The van der Waals surface area contributed by atoms with E-state index in [1.165, 1.54) is 0 Å². The van der Waals surface area contributed by atoms with Crippen LogP contribution in [0.1, 0.15) is 29.0 Å². The molecule has 2 aromatic carbocycles. The van der Waals surface area contributed by atoms with Crippen molar-refractivity contribution < 1.29 is 9.53 Å². The number of fused-ring (bicyclic) bond motifs is 3. The second-order valence-electron chi connectivity index (χ2n) is 8.22. The van der Waals surface area contributed by atoms with Gasteiger partial charge in [-0.1, -0.05) is 30.0 Å². The zero-order valence-electron chi connectivity index (χ0n) is 18.4. The van der Waals surface area contributed by atoms with E-state index in [0.717, 1.165) is 58.0 Å². The number of aryl methyl sites for hydroxylation is 1. The number of carbonyl (C=O) groups excluding carboxylic acids is 1. The fourth-order valence-electron chi connectivity index (χ4n) is 4.33. The lowest BCUT2D eigenvalue weighted by Crippen LogP contribution is -2.26. The first-order valence-corrected chi connectivity index (χ1v) is 12.0. The van der Waals surface area contributed by atoms with Crippen LogP contribution in [0.2, 0.25) is 0 Å². The molecule has 0 aliphatic carbocycles. The van der Waals surface area contributed by atoms with Crippen LogP contribution in [0.5, 0.6) is 0 Å². The van der Waals surface area contributed by atoms with Crippen molar-refractivity contribution in [2.24, 2.45) is 14.1 Å². The molecule has 1 amide bonds. The molecule has 0 spiro atoms. The molecule has 3 heterocycles. The molecule has 4 aromatic rings. The molecule has 2 aromatic heterocycles. The Kier molecular flexibility index (Phi) is 5.89. The van der Waals surface area contributed by atoms with Crippen LogP contribution >= 0.6 is 11.8 Å². The van der Waals surface area contributed by atoms with Crippen LogP contribution in [0.4, 0.5) is 0 Å². The summed E-state index contributed by atoms with van der Waals surface area (Å²) in [5.74, 6) is 1.69. The lowest BCUT2D eigenvalue weighted by molar-refractivity contribution is 0.0954. The van der Waals surface area contributed by atoms with Crippen molar-refractivity contribution in [2.45, 2.75) is 30.5 Å². The van der Waals surface area contributed by atoms with Crippen molar-refractivity contribution >= 4 is 39.5 Å². The molecule has 166 valence electrons. The normalized spacial score (nSPS) is 16.2. The van der Waals surface area contributed by atoms with Crippen molar-refractivity contribution in [3.63, 3.8) is 0 Å². The third kappa shape index (κ3) is 4.00. The Labute approximate surface area is 191 Å². The molecule has 1 atom stereocenters. The maximum Gasteiger partial charge on any atom is 0.251 e. The number of amides is 1. The molecule has 32 heavy (non-hydrogen) atoms. The van der Waals surface area contributed by atoms with E-state index in [4.69, 9.17) is 4.74 Å². The molecule has 0 bridgehead atoms. The minimum atomic E-state index is -0.0741. The maximum atomic E-state index is 12.8. The van der Waals surface area contributed by atoms with Crippen LogP contribution in [0, 0.1) is 0 Å². The number of nitrogens with zero attached hydrogens (tertiary/aromatic N) is 4. The van der Waals surface area contributed by atoms with Gasteiger partial charge in [-0.25, -0.2) is 0 Å². The van der Waals surface area contributed by atoms with Gasteiger partial charge in [-0.2, -0.15) is 0 Å². The van der Waals surface area contributed by atoms with E-state index in [0.29, 0.717) is 24.6 Å². The second kappa shape index (κ2) is 8.96. The second-order valence-corrected chi connectivity index (χ2v) is 9.21. The molecular weight excluding hydrogens is 422 g/mol. The van der Waals surface area contributed by atoms with Crippen molar-refractivity contribution in [3.8, 4) is 0 Å². The van der Waals surface area contributed by atoms with Gasteiger partial charge in [0.1, 0.15) is 5.82 Å². The van der Waals surface area contributed by atoms with Crippen molar-refractivity contribution in [1.82, 2.24) is 24.6 Å². The molecule has 5 rings (SSSR count). The number of carbonyl (C=O) groups is 1. The van der Waals surface area contributed by atoms with Crippen molar-refractivity contribution in [3.05, 3.63) is 53.9 Å². The third-order valence-corrected chi connectivity index (χ3v) is 7.31. The fraction of sp³-hybridized carbons (Fsp3) is 0.375. The van der Waals surface area contributed by atoms with E-state index in [-0.39, 0.29) is 5.91 Å². The molecule has 1 N–H and O–H groups in total. The largest absolute Gasteiger partial charge is 0.377 e. The molecule has 1 aliphatic rings. The summed E-state index contributed by atoms with van der Waals surface area (Å²) in [7, 11) is 4.03. The summed E-state index contributed by atoms with van der Waals surface area (Å²) in [5.41, 5.74) is 2.95. The van der Waals surface area contributed by atoms with Crippen molar-refractivity contribution in [1.29, 1.82) is 0 Å². The van der Waals surface area contributed by atoms with Gasteiger partial charge in [0.15, 0.2) is 5.16 Å². The highest BCUT2D eigenvalue weighted by Crippen LogP contribution is 2.28. The van der Waals surface area contributed by atoms with Gasteiger partial charge in [0.25, 0.3) is 5.91 Å². The summed E-state index contributed by atoms with van der Waals surface area (Å²) in [4.78, 5) is 12.8. The summed E-state index contributed by atoms with van der Waals surface area (Å²) >= 11 is 1.68. The number of aromatic nitrogens is 4. The zero-order valence-corrected chi connectivity index (χ0v) is 19.2. The number of nitrogens with one attached hydrogen (secondary N) is 1. The van der Waals surface area contributed by atoms with E-state index >= 15 is 0 Å². The van der Waals surface area contributed by atoms with Gasteiger partial charge >= 0.3 is 0 Å². The smallest absolute Gasteiger partial charge is 0.251 e. The Morgan fingerprint density at radius 2 is 1.97 bits per heavy atom. The van der Waals surface area contributed by atoms with E-state index in [1.54, 1.807) is 11.8 Å². The lowest BCUT2D eigenvalue weighted by atomic mass is 10.1. The summed E-state index contributed by atoms with van der Waals surface area (Å²) in [6.45, 7) is 1.37. The molecule has 1 fully saturated rings. The molecule has 0 radical (unpaired) electrons. The fourth-order valence-corrected chi connectivity index (χ4v) is 5.33. The summed E-state index contributed by atoms with van der Waals surface area (Å²) in [6, 6.07) is 14.2. The van der Waals surface area contributed by atoms with Crippen LogP contribution in [-0.2, 0) is 25.3 Å². The van der Waals surface area contributed by atoms with Crippen LogP contribution < -0.4 is 5.32 Å². The van der Waals surface area contributed by atoms with Crippen LogP contribution in [0.25, 0.3) is 21.8 Å². The Bertz CT molecular complexity index is 1270. The van der Waals surface area contributed by atoms with E-state index in [1.807, 2.05) is 41.9 Å². The lowest BCUT2D eigenvalue weighted by Gasteiger charge is -2.09. The van der Waals surface area contributed by atoms with E-state index in [9.17, 15) is 4.79 Å². The summed E-state index contributed by atoms with van der Waals surface area (Å²) < 4.78 is 9.85. The number of rotatable bonds is 7. The topological polar surface area (TPSA) is 74.0 Å². The zero-order chi connectivity index (χ0) is 22.1. The highest BCUT2D eigenvalue weighted by molar-refractivity contribution is 7.99. The Hall–Kier alpha value is -2.84. The predicted molar refractivity (Wildman–Crippen MR) is 127 cm³/mol. The highest BCUT2D eigenvalue weighted by atomic mass is 32.2. The van der Waals surface area contributed by atoms with Crippen LogP contribution in [-0.4, -0.2) is 50.2 Å². The van der Waals surface area contributed by atoms with Crippen LogP contribution in [0.3, 0.4) is 0 Å². The molecule has 8 heteroatoms. The highest BCUT2D eigenvalue weighted by Gasteiger charge is 2.18. The Balaban J connectivity index is 1.22. The van der Waals surface area contributed by atoms with Gasteiger partial charge in [0, 0.05) is 66.8 Å². The third-order valence-electron chi connectivity index (χ3n) is 6.16. The molecule has 0 saturated carbocycles. The first-order valence-electron chi connectivity index (χ1n) is 11.0. The molecular formula is C24H27N5O2S. The van der Waals surface area contributed by atoms with Gasteiger partial charge in [-0.15, -0.1) is 10.2 Å².